The molecular formula is C51H54N8O2. The Morgan fingerprint density at radius 1 is 0.525 bits per heavy atom. The van der Waals surface area contributed by atoms with E-state index in [9.17, 15) is 9.59 Å². The van der Waals surface area contributed by atoms with Crippen LogP contribution >= 0.6 is 0 Å². The predicted molar refractivity (Wildman–Crippen MR) is 237 cm³/mol. The zero-order valence-electron chi connectivity index (χ0n) is 34.8. The van der Waals surface area contributed by atoms with Crippen molar-refractivity contribution in [2.45, 2.75) is 82.0 Å². The van der Waals surface area contributed by atoms with E-state index >= 15 is 0 Å². The molecule has 310 valence electrons. The molecule has 0 saturated carbocycles. The minimum absolute atomic E-state index is 0.0615. The number of carbonyl (C=O) groups excluding carboxylic acids is 2. The van der Waals surface area contributed by atoms with E-state index in [-0.39, 0.29) is 36.0 Å². The average Bonchev–Trinajstić information content (AvgIpc) is 4.15. The van der Waals surface area contributed by atoms with E-state index in [1.54, 1.807) is 0 Å². The Morgan fingerprint density at radius 2 is 0.951 bits per heavy atom. The molecule has 1 aliphatic carbocycles. The summed E-state index contributed by atoms with van der Waals surface area (Å²) in [5.74, 6) is 2.12. The van der Waals surface area contributed by atoms with Crippen LogP contribution in [0.4, 0.5) is 0 Å². The molecule has 10 heteroatoms. The number of fused-ring (bicyclic) bond motifs is 3. The van der Waals surface area contributed by atoms with Gasteiger partial charge in [-0.25, -0.2) is 9.97 Å². The highest BCUT2D eigenvalue weighted by Gasteiger charge is 2.41. The molecule has 10 nitrogen and oxygen atoms in total. The summed E-state index contributed by atoms with van der Waals surface area (Å²) in [6, 6.07) is 33.5. The first kappa shape index (κ1) is 38.1. The monoisotopic (exact) mass is 810 g/mol. The highest BCUT2D eigenvalue weighted by Crippen LogP contribution is 2.42. The van der Waals surface area contributed by atoms with Gasteiger partial charge in [-0.05, 0) is 141 Å². The molecule has 4 aliphatic heterocycles. The number of aromatic nitrogens is 4. The molecule has 61 heavy (non-hydrogen) atoms. The lowest BCUT2D eigenvalue weighted by molar-refractivity contribution is -0.138. The number of likely N-dealkylation sites (tertiary alicyclic amines) is 4. The maximum absolute atomic E-state index is 14.4. The lowest BCUT2D eigenvalue weighted by Gasteiger charge is -2.33. The van der Waals surface area contributed by atoms with Gasteiger partial charge < -0.3 is 19.8 Å². The summed E-state index contributed by atoms with van der Waals surface area (Å²) in [6.07, 6.45) is 13.0. The molecule has 4 atom stereocenters. The summed E-state index contributed by atoms with van der Waals surface area (Å²) in [4.78, 5) is 54.8. The van der Waals surface area contributed by atoms with Gasteiger partial charge in [-0.15, -0.1) is 0 Å². The summed E-state index contributed by atoms with van der Waals surface area (Å²) < 4.78 is 0. The van der Waals surface area contributed by atoms with E-state index in [4.69, 9.17) is 9.97 Å². The van der Waals surface area contributed by atoms with Crippen LogP contribution in [0.3, 0.4) is 0 Å². The Morgan fingerprint density at radius 3 is 1.38 bits per heavy atom. The number of hydrogen-bond acceptors (Lipinski definition) is 6. The van der Waals surface area contributed by atoms with Crippen molar-refractivity contribution in [2.75, 3.05) is 39.3 Å². The maximum atomic E-state index is 14.4. The highest BCUT2D eigenvalue weighted by atomic mass is 16.2. The largest absolute Gasteiger partial charge is 0.340 e. The van der Waals surface area contributed by atoms with Gasteiger partial charge in [0, 0.05) is 13.1 Å². The Kier molecular flexibility index (Phi) is 10.1. The normalized spacial score (nSPS) is 21.2. The van der Waals surface area contributed by atoms with Crippen molar-refractivity contribution < 1.29 is 9.59 Å². The molecule has 4 aromatic carbocycles. The van der Waals surface area contributed by atoms with Crippen molar-refractivity contribution in [1.82, 2.24) is 39.5 Å². The molecule has 4 saturated heterocycles. The van der Waals surface area contributed by atoms with Crippen LogP contribution in [0.1, 0.15) is 109 Å². The molecular weight excluding hydrogens is 757 g/mol. The van der Waals surface area contributed by atoms with Crippen molar-refractivity contribution in [2.24, 2.45) is 0 Å². The minimum Gasteiger partial charge on any atom is -0.340 e. The lowest BCUT2D eigenvalue weighted by Crippen LogP contribution is -2.42. The van der Waals surface area contributed by atoms with E-state index < -0.39 is 0 Å². The van der Waals surface area contributed by atoms with E-state index in [0.717, 1.165) is 142 Å². The molecule has 0 spiro atoms. The number of benzene rings is 4. The number of carbonyl (C=O) groups is 2. The van der Waals surface area contributed by atoms with E-state index in [1.165, 1.54) is 22.3 Å². The number of hydrogen-bond donors (Lipinski definition) is 2. The number of nitrogens with zero attached hydrogens (tertiary/aromatic N) is 6. The van der Waals surface area contributed by atoms with Gasteiger partial charge in [-0.3, -0.25) is 19.4 Å². The number of aromatic amines is 2. The minimum atomic E-state index is -0.251. The van der Waals surface area contributed by atoms with Crippen LogP contribution in [0.2, 0.25) is 0 Å². The summed E-state index contributed by atoms with van der Waals surface area (Å²) in [5, 5.41) is 0. The molecule has 11 rings (SSSR count). The van der Waals surface area contributed by atoms with Crippen molar-refractivity contribution in [3.05, 3.63) is 143 Å². The number of amides is 2. The van der Waals surface area contributed by atoms with Gasteiger partial charge in [0.2, 0.25) is 11.8 Å². The van der Waals surface area contributed by atoms with Crippen LogP contribution in [0, 0.1) is 0 Å². The average molecular weight is 811 g/mol. The Bertz CT molecular complexity index is 2360. The standard InChI is InChI=1S/C51H54N8O2/c60-50(46(56-23-7-8-24-56)34-13-3-1-4-14-34)58-27-11-17-44(58)48-52-32-42(54-48)36-19-21-40-38(29-36)31-39-30-37(20-22-41(39)40)43-33-53-49(55-43)45-18-12-28-59(45)51(61)47(57-25-9-10-26-57)35-15-5-2-6-16-35/h1-6,13-16,19-22,29-30,32-33,44-47H,7-12,17-18,23-28,31H2,(H,52,54)(H,53,55)/t44-,45-,46+,47+/m1/s1. The van der Waals surface area contributed by atoms with E-state index in [2.05, 4.69) is 90.2 Å². The third-order valence-electron chi connectivity index (χ3n) is 14.1. The van der Waals surface area contributed by atoms with Crippen LogP contribution in [0.15, 0.2) is 109 Å². The first-order valence-electron chi connectivity index (χ1n) is 22.6. The van der Waals surface area contributed by atoms with Crippen molar-refractivity contribution >= 4 is 11.8 Å². The molecule has 0 radical (unpaired) electrons. The van der Waals surface area contributed by atoms with Crippen LogP contribution in [0.25, 0.3) is 33.6 Å². The van der Waals surface area contributed by atoms with Gasteiger partial charge in [0.15, 0.2) is 0 Å². The molecule has 0 bridgehead atoms. The lowest BCUT2D eigenvalue weighted by atomic mass is 10.0. The van der Waals surface area contributed by atoms with E-state index in [1.807, 2.05) is 48.8 Å². The quantitative estimate of drug-likeness (QED) is 0.143. The summed E-state index contributed by atoms with van der Waals surface area (Å²) in [7, 11) is 0. The van der Waals surface area contributed by atoms with Crippen LogP contribution in [-0.2, 0) is 16.0 Å². The number of rotatable bonds is 10. The molecule has 5 aliphatic rings. The van der Waals surface area contributed by atoms with Gasteiger partial charge in [-0.2, -0.15) is 0 Å². The number of H-pyrrole nitrogens is 2. The Hall–Kier alpha value is -5.84. The topological polar surface area (TPSA) is 104 Å². The maximum Gasteiger partial charge on any atom is 0.245 e. The smallest absolute Gasteiger partial charge is 0.245 e. The fourth-order valence-electron chi connectivity index (χ4n) is 11.1. The number of imidazole rings is 2. The second-order valence-electron chi connectivity index (χ2n) is 17.8. The summed E-state index contributed by atoms with van der Waals surface area (Å²) in [5.41, 5.74) is 11.5. The summed E-state index contributed by atoms with van der Waals surface area (Å²) in [6.45, 7) is 5.34. The van der Waals surface area contributed by atoms with Gasteiger partial charge in [0.05, 0.1) is 35.9 Å². The van der Waals surface area contributed by atoms with Crippen molar-refractivity contribution in [3.8, 4) is 33.6 Å². The molecule has 2 amide bonds. The van der Waals surface area contributed by atoms with E-state index in [0.29, 0.717) is 0 Å². The van der Waals surface area contributed by atoms with Crippen LogP contribution in [-0.4, -0.2) is 90.6 Å². The molecule has 6 aromatic rings. The first-order chi connectivity index (χ1) is 30.1. The van der Waals surface area contributed by atoms with Crippen LogP contribution in [0.5, 0.6) is 0 Å². The third-order valence-corrected chi connectivity index (χ3v) is 14.1. The van der Waals surface area contributed by atoms with Gasteiger partial charge in [-0.1, -0.05) is 84.9 Å². The highest BCUT2D eigenvalue weighted by molar-refractivity contribution is 5.85. The number of nitrogens with one attached hydrogen (secondary N) is 2. The molecule has 2 aromatic heterocycles. The SMILES string of the molecule is O=C([C@H](c1ccccc1)N1CCCC1)N1CCC[C@@H]1c1ncc(-c2ccc3c(c2)Cc2cc(-c4cnc([C@H]5CCCN5C(=O)[C@H](c5ccccc5)N5CCCC5)[nH]4)ccc2-3)[nH]1. The van der Waals surface area contributed by atoms with Crippen molar-refractivity contribution in [1.29, 1.82) is 0 Å². The molecule has 4 fully saturated rings. The van der Waals surface area contributed by atoms with Crippen LogP contribution < -0.4 is 0 Å². The van der Waals surface area contributed by atoms with Gasteiger partial charge in [0.25, 0.3) is 0 Å². The fraction of sp³-hybridized carbons (Fsp3) is 0.373. The Balaban J connectivity index is 0.791. The molecule has 0 unspecified atom stereocenters. The summed E-state index contributed by atoms with van der Waals surface area (Å²) >= 11 is 0. The zero-order valence-corrected chi connectivity index (χ0v) is 34.8. The Labute approximate surface area is 358 Å². The molecule has 6 heterocycles. The second kappa shape index (κ2) is 16.2. The zero-order chi connectivity index (χ0) is 40.9. The first-order valence-corrected chi connectivity index (χ1v) is 22.6. The predicted octanol–water partition coefficient (Wildman–Crippen LogP) is 9.04. The second-order valence-corrected chi connectivity index (χ2v) is 17.8. The van der Waals surface area contributed by atoms with Gasteiger partial charge in [0.1, 0.15) is 23.7 Å². The fourth-order valence-corrected chi connectivity index (χ4v) is 11.1. The molecule has 2 N–H and O–H groups in total. The van der Waals surface area contributed by atoms with Gasteiger partial charge >= 0.3 is 0 Å². The third kappa shape index (κ3) is 7.09. The van der Waals surface area contributed by atoms with Crippen molar-refractivity contribution in [3.63, 3.8) is 0 Å².